The molecule has 21 heavy (non-hydrogen) atoms. The Morgan fingerprint density at radius 2 is 1.86 bits per heavy atom. The Labute approximate surface area is 131 Å². The van der Waals surface area contributed by atoms with Gasteiger partial charge in [-0.05, 0) is 63.3 Å². The zero-order chi connectivity index (χ0) is 15.3. The summed E-state index contributed by atoms with van der Waals surface area (Å²) in [6.07, 6.45) is 14.0. The fourth-order valence-corrected chi connectivity index (χ4v) is 4.12. The average Bonchev–Trinajstić information content (AvgIpc) is 2.75. The highest BCUT2D eigenvalue weighted by Crippen LogP contribution is 2.45. The SMILES string of the molecule is CCNC(C1=CCCCCC1)C1(OC)CCC(C)(C)CC1. The van der Waals surface area contributed by atoms with Gasteiger partial charge in [-0.1, -0.05) is 38.8 Å². The van der Waals surface area contributed by atoms with Crippen molar-refractivity contribution in [2.45, 2.75) is 90.2 Å². The second kappa shape index (κ2) is 7.28. The molecule has 0 radical (unpaired) electrons. The van der Waals surface area contributed by atoms with E-state index in [1.54, 1.807) is 5.57 Å². The molecule has 0 amide bonds. The molecule has 0 saturated heterocycles. The molecule has 2 heteroatoms. The van der Waals surface area contributed by atoms with Crippen LogP contribution in [-0.2, 0) is 4.74 Å². The number of likely N-dealkylation sites (N-methyl/N-ethyl adjacent to an activating group) is 1. The van der Waals surface area contributed by atoms with Gasteiger partial charge in [-0.25, -0.2) is 0 Å². The second-order valence-corrected chi connectivity index (χ2v) is 7.80. The molecule has 1 saturated carbocycles. The van der Waals surface area contributed by atoms with Gasteiger partial charge >= 0.3 is 0 Å². The molecule has 2 nitrogen and oxygen atoms in total. The summed E-state index contributed by atoms with van der Waals surface area (Å²) >= 11 is 0. The van der Waals surface area contributed by atoms with E-state index >= 15 is 0 Å². The van der Waals surface area contributed by atoms with Crippen LogP contribution in [0.25, 0.3) is 0 Å². The van der Waals surface area contributed by atoms with Crippen molar-refractivity contribution in [1.82, 2.24) is 5.32 Å². The summed E-state index contributed by atoms with van der Waals surface area (Å²) in [5.74, 6) is 0. The van der Waals surface area contributed by atoms with Crippen LogP contribution in [0.2, 0.25) is 0 Å². The first-order valence-electron chi connectivity index (χ1n) is 9.00. The van der Waals surface area contributed by atoms with Crippen molar-refractivity contribution in [1.29, 1.82) is 0 Å². The van der Waals surface area contributed by atoms with E-state index in [0.29, 0.717) is 11.5 Å². The Morgan fingerprint density at radius 1 is 1.14 bits per heavy atom. The first kappa shape index (κ1) is 17.0. The van der Waals surface area contributed by atoms with Gasteiger partial charge in [0.25, 0.3) is 0 Å². The molecule has 122 valence electrons. The molecule has 0 bridgehead atoms. The highest BCUT2D eigenvalue weighted by molar-refractivity contribution is 5.20. The summed E-state index contributed by atoms with van der Waals surface area (Å²) in [4.78, 5) is 0. The zero-order valence-electron chi connectivity index (χ0n) is 14.6. The van der Waals surface area contributed by atoms with Gasteiger partial charge in [-0.3, -0.25) is 0 Å². The van der Waals surface area contributed by atoms with Crippen LogP contribution in [0.15, 0.2) is 11.6 Å². The Bertz CT molecular complexity index is 349. The van der Waals surface area contributed by atoms with Gasteiger partial charge in [0.2, 0.25) is 0 Å². The predicted molar refractivity (Wildman–Crippen MR) is 90.6 cm³/mol. The highest BCUT2D eigenvalue weighted by Gasteiger charge is 2.45. The standard InChI is InChI=1S/C19H35NO/c1-5-20-17(16-10-8-6-7-9-11-16)19(21-4)14-12-18(2,3)13-15-19/h10,17,20H,5-9,11-15H2,1-4H3. The van der Waals surface area contributed by atoms with Gasteiger partial charge in [0.05, 0.1) is 11.6 Å². The van der Waals surface area contributed by atoms with E-state index in [0.717, 1.165) is 6.54 Å². The van der Waals surface area contributed by atoms with Crippen molar-refractivity contribution in [2.75, 3.05) is 13.7 Å². The van der Waals surface area contributed by atoms with Crippen molar-refractivity contribution in [2.24, 2.45) is 5.41 Å². The number of nitrogens with one attached hydrogen (secondary N) is 1. The van der Waals surface area contributed by atoms with Gasteiger partial charge in [-0.15, -0.1) is 0 Å². The van der Waals surface area contributed by atoms with Crippen LogP contribution in [0.4, 0.5) is 0 Å². The number of rotatable bonds is 5. The summed E-state index contributed by atoms with van der Waals surface area (Å²) in [5, 5.41) is 3.78. The summed E-state index contributed by atoms with van der Waals surface area (Å²) in [5.41, 5.74) is 2.12. The van der Waals surface area contributed by atoms with E-state index in [2.05, 4.69) is 32.2 Å². The molecular formula is C19H35NO. The van der Waals surface area contributed by atoms with Crippen LogP contribution >= 0.6 is 0 Å². The summed E-state index contributed by atoms with van der Waals surface area (Å²) in [6.45, 7) is 8.05. The first-order valence-corrected chi connectivity index (χ1v) is 9.00. The molecule has 2 aliphatic rings. The minimum Gasteiger partial charge on any atom is -0.376 e. The number of methoxy groups -OCH3 is 1. The van der Waals surface area contributed by atoms with Gasteiger partial charge < -0.3 is 10.1 Å². The molecular weight excluding hydrogens is 258 g/mol. The fourth-order valence-electron chi connectivity index (χ4n) is 4.12. The van der Waals surface area contributed by atoms with Gasteiger partial charge in [0.1, 0.15) is 0 Å². The molecule has 0 spiro atoms. The maximum atomic E-state index is 6.18. The molecule has 2 aliphatic carbocycles. The topological polar surface area (TPSA) is 21.3 Å². The van der Waals surface area contributed by atoms with Crippen LogP contribution in [0.3, 0.4) is 0 Å². The third-order valence-corrected chi connectivity index (χ3v) is 5.74. The molecule has 1 N–H and O–H groups in total. The second-order valence-electron chi connectivity index (χ2n) is 7.80. The van der Waals surface area contributed by atoms with Crippen molar-refractivity contribution in [3.05, 3.63) is 11.6 Å². The van der Waals surface area contributed by atoms with Crippen molar-refractivity contribution < 1.29 is 4.74 Å². The minimum atomic E-state index is 0.0156. The largest absolute Gasteiger partial charge is 0.376 e. The third kappa shape index (κ3) is 4.10. The van der Waals surface area contributed by atoms with Gasteiger partial charge in [0.15, 0.2) is 0 Å². The van der Waals surface area contributed by atoms with Crippen molar-refractivity contribution in [3.63, 3.8) is 0 Å². The van der Waals surface area contributed by atoms with Gasteiger partial charge in [-0.2, -0.15) is 0 Å². The predicted octanol–water partition coefficient (Wildman–Crippen LogP) is 4.84. The lowest BCUT2D eigenvalue weighted by Gasteiger charge is -2.48. The molecule has 0 aromatic carbocycles. The lowest BCUT2D eigenvalue weighted by molar-refractivity contribution is -0.0786. The lowest BCUT2D eigenvalue weighted by Crippen LogP contribution is -2.55. The van der Waals surface area contributed by atoms with Crippen molar-refractivity contribution >= 4 is 0 Å². The molecule has 0 aliphatic heterocycles. The number of hydrogen-bond acceptors (Lipinski definition) is 2. The summed E-state index contributed by atoms with van der Waals surface area (Å²) < 4.78 is 6.18. The molecule has 1 atom stereocenters. The fraction of sp³-hybridized carbons (Fsp3) is 0.895. The van der Waals surface area contributed by atoms with E-state index in [-0.39, 0.29) is 5.60 Å². The number of allylic oxidation sites excluding steroid dienone is 1. The quantitative estimate of drug-likeness (QED) is 0.732. The van der Waals surface area contributed by atoms with E-state index in [4.69, 9.17) is 4.74 Å². The van der Waals surface area contributed by atoms with E-state index in [9.17, 15) is 0 Å². The third-order valence-electron chi connectivity index (χ3n) is 5.74. The molecule has 1 fully saturated rings. The maximum Gasteiger partial charge on any atom is 0.0869 e. The Balaban J connectivity index is 2.20. The Kier molecular flexibility index (Phi) is 5.90. The normalized spacial score (nSPS) is 26.8. The lowest BCUT2D eigenvalue weighted by atomic mass is 9.67. The zero-order valence-corrected chi connectivity index (χ0v) is 14.6. The number of hydrogen-bond donors (Lipinski definition) is 1. The summed E-state index contributed by atoms with van der Waals surface area (Å²) in [6, 6.07) is 0.418. The average molecular weight is 293 g/mol. The van der Waals surface area contributed by atoms with E-state index in [1.807, 2.05) is 7.11 Å². The summed E-state index contributed by atoms with van der Waals surface area (Å²) in [7, 11) is 1.93. The smallest absolute Gasteiger partial charge is 0.0869 e. The molecule has 0 heterocycles. The highest BCUT2D eigenvalue weighted by atomic mass is 16.5. The monoisotopic (exact) mass is 293 g/mol. The van der Waals surface area contributed by atoms with E-state index in [1.165, 1.54) is 57.8 Å². The number of ether oxygens (including phenoxy) is 1. The molecule has 0 aromatic rings. The molecule has 2 rings (SSSR count). The van der Waals surface area contributed by atoms with Crippen molar-refractivity contribution in [3.8, 4) is 0 Å². The molecule has 1 unspecified atom stereocenters. The Hall–Kier alpha value is -0.340. The van der Waals surface area contributed by atoms with E-state index < -0.39 is 0 Å². The Morgan fingerprint density at radius 3 is 2.48 bits per heavy atom. The van der Waals surface area contributed by atoms with Crippen LogP contribution in [0, 0.1) is 5.41 Å². The van der Waals surface area contributed by atoms with Crippen LogP contribution < -0.4 is 5.32 Å². The minimum absolute atomic E-state index is 0.0156. The van der Waals surface area contributed by atoms with Crippen LogP contribution in [-0.4, -0.2) is 25.3 Å². The van der Waals surface area contributed by atoms with Crippen LogP contribution in [0.5, 0.6) is 0 Å². The molecule has 0 aromatic heterocycles. The van der Waals surface area contributed by atoms with Crippen LogP contribution in [0.1, 0.15) is 78.6 Å². The first-order chi connectivity index (χ1) is 10.0. The maximum absolute atomic E-state index is 6.18. The van der Waals surface area contributed by atoms with Gasteiger partial charge in [0, 0.05) is 7.11 Å².